The first-order chi connectivity index (χ1) is 10.8. The molecule has 0 fully saturated rings. The van der Waals surface area contributed by atoms with E-state index in [-0.39, 0.29) is 0 Å². The molecule has 0 aromatic heterocycles. The third-order valence-electron chi connectivity index (χ3n) is 3.83. The van der Waals surface area contributed by atoms with Crippen LogP contribution in [0.5, 0.6) is 5.75 Å². The van der Waals surface area contributed by atoms with Gasteiger partial charge in [-0.1, -0.05) is 37.6 Å². The van der Waals surface area contributed by atoms with Crippen molar-refractivity contribution < 1.29 is 9.47 Å². The van der Waals surface area contributed by atoms with E-state index in [9.17, 15) is 0 Å². The Kier molecular flexibility index (Phi) is 7.24. The maximum atomic E-state index is 5.96. The summed E-state index contributed by atoms with van der Waals surface area (Å²) in [7, 11) is 0. The Morgan fingerprint density at radius 3 is 2.23 bits per heavy atom. The van der Waals surface area contributed by atoms with Crippen LogP contribution in [0.3, 0.4) is 0 Å². The molecule has 0 radical (unpaired) electrons. The molecule has 22 heavy (non-hydrogen) atoms. The van der Waals surface area contributed by atoms with Crippen LogP contribution in [-0.4, -0.2) is 19.8 Å². The largest absolute Gasteiger partial charge is 0.493 e. The van der Waals surface area contributed by atoms with Crippen LogP contribution in [-0.2, 0) is 4.74 Å². The first-order valence-electron chi connectivity index (χ1n) is 8.51. The monoisotopic (exact) mass is 300 g/mol. The first kappa shape index (κ1) is 16.8. The summed E-state index contributed by atoms with van der Waals surface area (Å²) in [5.74, 6) is 1.02. The van der Waals surface area contributed by atoms with E-state index in [0.717, 1.165) is 44.8 Å². The number of rotatable bonds is 10. The zero-order valence-corrected chi connectivity index (χ0v) is 13.9. The maximum absolute atomic E-state index is 5.96. The Bertz CT molecular complexity index is 563. The highest BCUT2D eigenvalue weighted by atomic mass is 16.5. The van der Waals surface area contributed by atoms with Crippen LogP contribution in [0.25, 0.3) is 10.8 Å². The Balaban J connectivity index is 1.68. The van der Waals surface area contributed by atoms with E-state index in [1.807, 2.05) is 0 Å². The molecule has 0 spiro atoms. The molecular formula is C20H28O2. The Morgan fingerprint density at radius 1 is 0.818 bits per heavy atom. The molecule has 0 saturated carbocycles. The van der Waals surface area contributed by atoms with Gasteiger partial charge < -0.3 is 9.47 Å². The molecule has 2 rings (SSSR count). The third kappa shape index (κ3) is 5.34. The number of hydrogen-bond donors (Lipinski definition) is 0. The van der Waals surface area contributed by atoms with Crippen molar-refractivity contribution in [2.45, 2.75) is 46.0 Å². The summed E-state index contributed by atoms with van der Waals surface area (Å²) in [6.07, 6.45) is 5.82. The Labute approximate surface area is 134 Å². The standard InChI is InChI=1S/C20H28O2/c1-3-12-21-13-8-4-5-9-14-22-20-16-19-11-7-6-10-18(19)15-17(20)2/h6-7,10-11,15-16H,3-5,8-9,12-14H2,1-2H3. The van der Waals surface area contributed by atoms with Crippen LogP contribution in [0.15, 0.2) is 36.4 Å². The lowest BCUT2D eigenvalue weighted by Crippen LogP contribution is -2.00. The van der Waals surface area contributed by atoms with Gasteiger partial charge in [-0.15, -0.1) is 0 Å². The predicted octanol–water partition coefficient (Wildman–Crippen LogP) is 5.51. The second-order valence-corrected chi connectivity index (χ2v) is 5.84. The van der Waals surface area contributed by atoms with Gasteiger partial charge in [0.2, 0.25) is 0 Å². The number of aryl methyl sites for hydroxylation is 1. The quantitative estimate of drug-likeness (QED) is 0.538. The summed E-state index contributed by atoms with van der Waals surface area (Å²) >= 11 is 0. The summed E-state index contributed by atoms with van der Waals surface area (Å²) in [6.45, 7) is 6.86. The molecule has 0 amide bonds. The first-order valence-corrected chi connectivity index (χ1v) is 8.51. The van der Waals surface area contributed by atoms with E-state index in [2.05, 4.69) is 50.2 Å². The zero-order valence-electron chi connectivity index (χ0n) is 13.9. The van der Waals surface area contributed by atoms with Crippen LogP contribution in [0.4, 0.5) is 0 Å². The van der Waals surface area contributed by atoms with E-state index >= 15 is 0 Å². The zero-order chi connectivity index (χ0) is 15.6. The fraction of sp³-hybridized carbons (Fsp3) is 0.500. The van der Waals surface area contributed by atoms with Gasteiger partial charge >= 0.3 is 0 Å². The van der Waals surface area contributed by atoms with Gasteiger partial charge in [0.15, 0.2) is 0 Å². The molecule has 2 heteroatoms. The average Bonchev–Trinajstić information content (AvgIpc) is 2.53. The van der Waals surface area contributed by atoms with E-state index < -0.39 is 0 Å². The normalized spacial score (nSPS) is 11.0. The van der Waals surface area contributed by atoms with Crippen molar-refractivity contribution in [2.24, 2.45) is 0 Å². The van der Waals surface area contributed by atoms with Gasteiger partial charge in [0, 0.05) is 13.2 Å². The smallest absolute Gasteiger partial charge is 0.122 e. The molecule has 0 bridgehead atoms. The van der Waals surface area contributed by atoms with Crippen LogP contribution in [0.1, 0.15) is 44.6 Å². The SMILES string of the molecule is CCCOCCCCCCOc1cc2ccccc2cc1C. The number of benzene rings is 2. The van der Waals surface area contributed by atoms with Gasteiger partial charge in [-0.05, 0) is 61.1 Å². The van der Waals surface area contributed by atoms with E-state index in [1.54, 1.807) is 0 Å². The summed E-state index contributed by atoms with van der Waals surface area (Å²) < 4.78 is 11.4. The van der Waals surface area contributed by atoms with Gasteiger partial charge in [-0.25, -0.2) is 0 Å². The van der Waals surface area contributed by atoms with Gasteiger partial charge in [0.05, 0.1) is 6.61 Å². The molecule has 0 saturated heterocycles. The maximum Gasteiger partial charge on any atom is 0.122 e. The second-order valence-electron chi connectivity index (χ2n) is 5.84. The molecule has 120 valence electrons. The van der Waals surface area contributed by atoms with Gasteiger partial charge in [0.25, 0.3) is 0 Å². The van der Waals surface area contributed by atoms with Crippen LogP contribution in [0.2, 0.25) is 0 Å². The molecule has 2 aromatic rings. The number of hydrogen-bond acceptors (Lipinski definition) is 2. The highest BCUT2D eigenvalue weighted by molar-refractivity contribution is 5.84. The summed E-state index contributed by atoms with van der Waals surface area (Å²) in [5.41, 5.74) is 1.21. The van der Waals surface area contributed by atoms with E-state index in [4.69, 9.17) is 9.47 Å². The molecule has 0 atom stereocenters. The van der Waals surface area contributed by atoms with Crippen molar-refractivity contribution in [3.05, 3.63) is 42.0 Å². The van der Waals surface area contributed by atoms with Gasteiger partial charge in [-0.3, -0.25) is 0 Å². The minimum absolute atomic E-state index is 0.801. The number of ether oxygens (including phenoxy) is 2. The summed E-state index contributed by atoms with van der Waals surface area (Å²) in [6, 6.07) is 12.8. The predicted molar refractivity (Wildman–Crippen MR) is 93.8 cm³/mol. The average molecular weight is 300 g/mol. The highest BCUT2D eigenvalue weighted by Gasteiger charge is 2.02. The summed E-state index contributed by atoms with van der Waals surface area (Å²) in [4.78, 5) is 0. The Hall–Kier alpha value is -1.54. The van der Waals surface area contributed by atoms with Crippen molar-refractivity contribution in [1.29, 1.82) is 0 Å². The van der Waals surface area contributed by atoms with Crippen molar-refractivity contribution in [2.75, 3.05) is 19.8 Å². The molecule has 0 aliphatic rings. The van der Waals surface area contributed by atoms with E-state index in [0.29, 0.717) is 0 Å². The van der Waals surface area contributed by atoms with Crippen LogP contribution >= 0.6 is 0 Å². The third-order valence-corrected chi connectivity index (χ3v) is 3.83. The van der Waals surface area contributed by atoms with Crippen molar-refractivity contribution in [1.82, 2.24) is 0 Å². The molecule has 0 heterocycles. The van der Waals surface area contributed by atoms with Crippen molar-refractivity contribution in [3.63, 3.8) is 0 Å². The molecule has 0 aliphatic carbocycles. The second kappa shape index (κ2) is 9.47. The van der Waals surface area contributed by atoms with Gasteiger partial charge in [0.1, 0.15) is 5.75 Å². The lowest BCUT2D eigenvalue weighted by atomic mass is 10.1. The highest BCUT2D eigenvalue weighted by Crippen LogP contribution is 2.25. The molecule has 0 N–H and O–H groups in total. The molecule has 0 aliphatic heterocycles. The molecular weight excluding hydrogens is 272 g/mol. The molecule has 2 aromatic carbocycles. The minimum atomic E-state index is 0.801. The van der Waals surface area contributed by atoms with E-state index in [1.165, 1.54) is 29.2 Å². The lowest BCUT2D eigenvalue weighted by molar-refractivity contribution is 0.130. The van der Waals surface area contributed by atoms with Crippen LogP contribution in [0, 0.1) is 6.92 Å². The summed E-state index contributed by atoms with van der Waals surface area (Å²) in [5, 5.41) is 2.52. The topological polar surface area (TPSA) is 18.5 Å². The molecule has 0 unspecified atom stereocenters. The molecule has 2 nitrogen and oxygen atoms in total. The Morgan fingerprint density at radius 2 is 1.50 bits per heavy atom. The van der Waals surface area contributed by atoms with Crippen molar-refractivity contribution in [3.8, 4) is 5.75 Å². The fourth-order valence-corrected chi connectivity index (χ4v) is 2.58. The van der Waals surface area contributed by atoms with Gasteiger partial charge in [-0.2, -0.15) is 0 Å². The number of fused-ring (bicyclic) bond motifs is 1. The fourth-order valence-electron chi connectivity index (χ4n) is 2.58. The van der Waals surface area contributed by atoms with Crippen LogP contribution < -0.4 is 4.74 Å². The van der Waals surface area contributed by atoms with Crippen molar-refractivity contribution >= 4 is 10.8 Å². The lowest BCUT2D eigenvalue weighted by Gasteiger charge is -2.10. The number of unbranched alkanes of at least 4 members (excludes halogenated alkanes) is 3. The minimum Gasteiger partial charge on any atom is -0.493 e.